The Morgan fingerprint density at radius 3 is 2.22 bits per heavy atom. The lowest BCUT2D eigenvalue weighted by molar-refractivity contribution is -0.115. The van der Waals surface area contributed by atoms with Gasteiger partial charge in [-0.15, -0.1) is 0 Å². The predicted octanol–water partition coefficient (Wildman–Crippen LogP) is 4.09. The van der Waals surface area contributed by atoms with Crippen molar-refractivity contribution in [1.82, 2.24) is 0 Å². The van der Waals surface area contributed by atoms with E-state index in [1.54, 1.807) is 50.2 Å². The van der Waals surface area contributed by atoms with Crippen molar-refractivity contribution in [3.05, 3.63) is 64.7 Å². The highest BCUT2D eigenvalue weighted by molar-refractivity contribution is 6.30. The lowest BCUT2D eigenvalue weighted by Gasteiger charge is -2.09. The first-order chi connectivity index (χ1) is 10.9. The molecule has 0 heterocycles. The zero-order chi connectivity index (χ0) is 16.8. The average molecular weight is 332 g/mol. The van der Waals surface area contributed by atoms with E-state index in [-0.39, 0.29) is 24.4 Å². The van der Waals surface area contributed by atoms with E-state index in [0.717, 1.165) is 5.56 Å². The van der Waals surface area contributed by atoms with Crippen LogP contribution in [0, 0.1) is 0 Å². The normalized spacial score (nSPS) is 10.4. The summed E-state index contributed by atoms with van der Waals surface area (Å²) in [5.74, 6) is -0.510. The SMILES string of the molecule is CC(C)OC(=O)c1ccc(NC(=O)Cc2ccc(Cl)cc2)cc1. The molecular weight excluding hydrogens is 314 g/mol. The molecule has 0 unspecified atom stereocenters. The Bertz CT molecular complexity index is 678. The van der Waals surface area contributed by atoms with Crippen LogP contribution < -0.4 is 5.32 Å². The van der Waals surface area contributed by atoms with E-state index in [1.807, 2.05) is 12.1 Å². The first kappa shape index (κ1) is 17.0. The first-order valence-corrected chi connectivity index (χ1v) is 7.67. The number of carbonyl (C=O) groups is 2. The third-order valence-corrected chi connectivity index (χ3v) is 3.28. The van der Waals surface area contributed by atoms with Crippen molar-refractivity contribution in [2.24, 2.45) is 0 Å². The third-order valence-electron chi connectivity index (χ3n) is 3.03. The molecule has 0 saturated carbocycles. The van der Waals surface area contributed by atoms with Crippen molar-refractivity contribution in [3.63, 3.8) is 0 Å². The predicted molar refractivity (Wildman–Crippen MR) is 90.8 cm³/mol. The van der Waals surface area contributed by atoms with Crippen LogP contribution in [0.4, 0.5) is 5.69 Å². The molecule has 0 spiro atoms. The van der Waals surface area contributed by atoms with Crippen molar-refractivity contribution >= 4 is 29.2 Å². The molecule has 1 N–H and O–H groups in total. The molecule has 0 aliphatic carbocycles. The summed E-state index contributed by atoms with van der Waals surface area (Å²) < 4.78 is 5.11. The molecule has 0 saturated heterocycles. The maximum absolute atomic E-state index is 12.0. The fraction of sp³-hybridized carbons (Fsp3) is 0.222. The molecule has 0 bridgehead atoms. The molecule has 0 atom stereocenters. The second-order valence-electron chi connectivity index (χ2n) is 5.38. The minimum absolute atomic E-state index is 0.134. The van der Waals surface area contributed by atoms with E-state index in [0.29, 0.717) is 16.3 Å². The fourth-order valence-corrected chi connectivity index (χ4v) is 2.09. The van der Waals surface area contributed by atoms with Crippen LogP contribution in [0.5, 0.6) is 0 Å². The summed E-state index contributed by atoms with van der Waals surface area (Å²) in [6, 6.07) is 13.7. The highest BCUT2D eigenvalue weighted by Gasteiger charge is 2.09. The number of amides is 1. The average Bonchev–Trinajstić information content (AvgIpc) is 2.49. The molecule has 2 aromatic carbocycles. The van der Waals surface area contributed by atoms with Gasteiger partial charge >= 0.3 is 5.97 Å². The van der Waals surface area contributed by atoms with Crippen LogP contribution in [0.15, 0.2) is 48.5 Å². The number of nitrogens with one attached hydrogen (secondary N) is 1. The van der Waals surface area contributed by atoms with Crippen LogP contribution in [0.25, 0.3) is 0 Å². The molecule has 0 aliphatic heterocycles. The molecule has 0 radical (unpaired) electrons. The monoisotopic (exact) mass is 331 g/mol. The number of hydrogen-bond donors (Lipinski definition) is 1. The molecule has 0 aliphatic rings. The van der Waals surface area contributed by atoms with E-state index >= 15 is 0 Å². The molecule has 1 amide bonds. The summed E-state index contributed by atoms with van der Waals surface area (Å²) in [7, 11) is 0. The third kappa shape index (κ3) is 5.42. The van der Waals surface area contributed by atoms with Crippen LogP contribution in [0.1, 0.15) is 29.8 Å². The Balaban J connectivity index is 1.93. The molecule has 4 nitrogen and oxygen atoms in total. The Kier molecular flexibility index (Phi) is 5.77. The zero-order valence-corrected chi connectivity index (χ0v) is 13.8. The second-order valence-corrected chi connectivity index (χ2v) is 5.82. The highest BCUT2D eigenvalue weighted by atomic mass is 35.5. The second kappa shape index (κ2) is 7.79. The highest BCUT2D eigenvalue weighted by Crippen LogP contribution is 2.13. The van der Waals surface area contributed by atoms with Crippen molar-refractivity contribution < 1.29 is 14.3 Å². The number of hydrogen-bond acceptors (Lipinski definition) is 3. The van der Waals surface area contributed by atoms with Gasteiger partial charge in [0, 0.05) is 10.7 Å². The van der Waals surface area contributed by atoms with Gasteiger partial charge in [-0.3, -0.25) is 4.79 Å². The van der Waals surface area contributed by atoms with Crippen molar-refractivity contribution in [2.75, 3.05) is 5.32 Å². The van der Waals surface area contributed by atoms with Gasteiger partial charge in [-0.2, -0.15) is 0 Å². The Morgan fingerprint density at radius 1 is 1.04 bits per heavy atom. The minimum atomic E-state index is -0.376. The molecule has 0 aromatic heterocycles. The van der Waals surface area contributed by atoms with Gasteiger partial charge in [0.15, 0.2) is 0 Å². The molecule has 2 aromatic rings. The number of benzene rings is 2. The van der Waals surface area contributed by atoms with Gasteiger partial charge < -0.3 is 10.1 Å². The van der Waals surface area contributed by atoms with E-state index in [1.165, 1.54) is 0 Å². The zero-order valence-electron chi connectivity index (χ0n) is 13.0. The van der Waals surface area contributed by atoms with Gasteiger partial charge in [-0.25, -0.2) is 4.79 Å². The van der Waals surface area contributed by atoms with E-state index in [4.69, 9.17) is 16.3 Å². The quantitative estimate of drug-likeness (QED) is 0.840. The van der Waals surface area contributed by atoms with Crippen LogP contribution >= 0.6 is 11.6 Å². The van der Waals surface area contributed by atoms with E-state index in [9.17, 15) is 9.59 Å². The van der Waals surface area contributed by atoms with E-state index < -0.39 is 0 Å². The largest absolute Gasteiger partial charge is 0.459 e. The number of rotatable bonds is 5. The van der Waals surface area contributed by atoms with Crippen molar-refractivity contribution in [1.29, 1.82) is 0 Å². The maximum Gasteiger partial charge on any atom is 0.338 e. The Morgan fingerprint density at radius 2 is 1.65 bits per heavy atom. The smallest absolute Gasteiger partial charge is 0.338 e. The molecule has 5 heteroatoms. The summed E-state index contributed by atoms with van der Waals surface area (Å²) in [5.41, 5.74) is 1.96. The lowest BCUT2D eigenvalue weighted by Crippen LogP contribution is -2.15. The maximum atomic E-state index is 12.0. The molecular formula is C18H18ClNO3. The van der Waals surface area contributed by atoms with Crippen LogP contribution in [0.3, 0.4) is 0 Å². The topological polar surface area (TPSA) is 55.4 Å². The number of halogens is 1. The molecule has 120 valence electrons. The number of carbonyl (C=O) groups excluding carboxylic acids is 2. The van der Waals surface area contributed by atoms with Gasteiger partial charge in [0.05, 0.1) is 18.1 Å². The lowest BCUT2D eigenvalue weighted by atomic mass is 10.1. The molecule has 0 fully saturated rings. The van der Waals surface area contributed by atoms with Gasteiger partial charge in [-0.05, 0) is 55.8 Å². The number of esters is 1. The number of ether oxygens (including phenoxy) is 1. The van der Waals surface area contributed by atoms with Gasteiger partial charge in [0.1, 0.15) is 0 Å². The minimum Gasteiger partial charge on any atom is -0.459 e. The Labute approximate surface area is 140 Å². The van der Waals surface area contributed by atoms with Crippen molar-refractivity contribution in [2.45, 2.75) is 26.4 Å². The van der Waals surface area contributed by atoms with Crippen LogP contribution in [-0.2, 0) is 16.0 Å². The fourth-order valence-electron chi connectivity index (χ4n) is 1.96. The van der Waals surface area contributed by atoms with Crippen molar-refractivity contribution in [3.8, 4) is 0 Å². The van der Waals surface area contributed by atoms with Gasteiger partial charge in [-0.1, -0.05) is 23.7 Å². The summed E-state index contributed by atoms with van der Waals surface area (Å²) in [6.45, 7) is 3.59. The standard InChI is InChI=1S/C18H18ClNO3/c1-12(2)23-18(22)14-5-9-16(10-6-14)20-17(21)11-13-3-7-15(19)8-4-13/h3-10,12H,11H2,1-2H3,(H,20,21). The summed E-state index contributed by atoms with van der Waals surface area (Å²) in [4.78, 5) is 23.7. The summed E-state index contributed by atoms with van der Waals surface area (Å²) >= 11 is 5.81. The van der Waals surface area contributed by atoms with Crippen LogP contribution in [0.2, 0.25) is 5.02 Å². The molecule has 2 rings (SSSR count). The van der Waals surface area contributed by atoms with Crippen LogP contribution in [-0.4, -0.2) is 18.0 Å². The first-order valence-electron chi connectivity index (χ1n) is 7.29. The number of anilines is 1. The van der Waals surface area contributed by atoms with E-state index in [2.05, 4.69) is 5.32 Å². The molecule has 23 heavy (non-hydrogen) atoms. The van der Waals surface area contributed by atoms with Gasteiger partial charge in [0.2, 0.25) is 5.91 Å². The summed E-state index contributed by atoms with van der Waals surface area (Å²) in [5, 5.41) is 3.42. The van der Waals surface area contributed by atoms with Gasteiger partial charge in [0.25, 0.3) is 0 Å². The summed E-state index contributed by atoms with van der Waals surface area (Å²) in [6.07, 6.45) is 0.0927. The Hall–Kier alpha value is -2.33.